The van der Waals surface area contributed by atoms with E-state index in [0.29, 0.717) is 23.7 Å². The van der Waals surface area contributed by atoms with Crippen molar-refractivity contribution in [2.45, 2.75) is 12.6 Å². The van der Waals surface area contributed by atoms with Gasteiger partial charge in [-0.15, -0.1) is 0 Å². The van der Waals surface area contributed by atoms with Crippen LogP contribution in [0.3, 0.4) is 0 Å². The Morgan fingerprint density at radius 3 is 2.36 bits per heavy atom. The van der Waals surface area contributed by atoms with Crippen LogP contribution in [0.5, 0.6) is 11.5 Å². The zero-order valence-electron chi connectivity index (χ0n) is 18.9. The minimum Gasteiger partial charge on any atom is -0.493 e. The number of hydrogen-bond donors (Lipinski definition) is 1. The fourth-order valence-corrected chi connectivity index (χ4v) is 3.87. The molecule has 172 valence electrons. The summed E-state index contributed by atoms with van der Waals surface area (Å²) in [6.45, 7) is 4.32. The van der Waals surface area contributed by atoms with Crippen LogP contribution in [0.15, 0.2) is 78.9 Å². The van der Waals surface area contributed by atoms with Crippen LogP contribution in [0.2, 0.25) is 0 Å². The Labute approximate surface area is 195 Å². The molecular weight excluding hydrogens is 416 g/mol. The number of morpholine rings is 1. The van der Waals surface area contributed by atoms with Crippen molar-refractivity contribution in [1.29, 1.82) is 0 Å². The van der Waals surface area contributed by atoms with Crippen LogP contribution in [0.1, 0.15) is 27.5 Å². The van der Waals surface area contributed by atoms with Gasteiger partial charge in [-0.25, -0.2) is 0 Å². The number of nitrogens with one attached hydrogen (secondary N) is 1. The van der Waals surface area contributed by atoms with Crippen LogP contribution in [0.25, 0.3) is 0 Å². The minimum absolute atomic E-state index is 0.128. The zero-order valence-corrected chi connectivity index (χ0v) is 18.9. The molecule has 33 heavy (non-hydrogen) atoms. The number of amides is 1. The fourth-order valence-electron chi connectivity index (χ4n) is 3.87. The molecule has 1 unspecified atom stereocenters. The van der Waals surface area contributed by atoms with Gasteiger partial charge in [0.25, 0.3) is 5.91 Å². The van der Waals surface area contributed by atoms with Gasteiger partial charge in [-0.05, 0) is 29.3 Å². The largest absolute Gasteiger partial charge is 0.493 e. The molecule has 0 radical (unpaired) electrons. The Morgan fingerprint density at radius 1 is 0.970 bits per heavy atom. The zero-order chi connectivity index (χ0) is 22.9. The lowest BCUT2D eigenvalue weighted by atomic mass is 10.0. The summed E-state index contributed by atoms with van der Waals surface area (Å²) >= 11 is 0. The summed E-state index contributed by atoms with van der Waals surface area (Å²) in [6, 6.07) is 25.2. The van der Waals surface area contributed by atoms with Gasteiger partial charge >= 0.3 is 0 Å². The molecule has 6 nitrogen and oxygen atoms in total. The van der Waals surface area contributed by atoms with E-state index in [2.05, 4.69) is 10.2 Å². The molecule has 0 bridgehead atoms. The van der Waals surface area contributed by atoms with E-state index in [9.17, 15) is 4.79 Å². The molecule has 0 saturated carbocycles. The molecule has 1 fully saturated rings. The Kier molecular flexibility index (Phi) is 7.95. The summed E-state index contributed by atoms with van der Waals surface area (Å²) in [4.78, 5) is 15.5. The van der Waals surface area contributed by atoms with E-state index in [1.807, 2.05) is 60.7 Å². The molecule has 1 atom stereocenters. The Hall–Kier alpha value is -3.35. The number of benzene rings is 3. The summed E-state index contributed by atoms with van der Waals surface area (Å²) < 4.78 is 16.9. The van der Waals surface area contributed by atoms with Crippen molar-refractivity contribution in [3.05, 3.63) is 95.6 Å². The summed E-state index contributed by atoms with van der Waals surface area (Å²) in [7, 11) is 1.58. The van der Waals surface area contributed by atoms with Crippen molar-refractivity contribution in [3.63, 3.8) is 0 Å². The first-order valence-electron chi connectivity index (χ1n) is 11.2. The lowest BCUT2D eigenvalue weighted by molar-refractivity contribution is 0.0332. The Bertz CT molecular complexity index is 1020. The molecule has 0 aliphatic carbocycles. The number of rotatable bonds is 9. The molecule has 1 N–H and O–H groups in total. The predicted octanol–water partition coefficient (Wildman–Crippen LogP) is 4.08. The number of carbonyl (C=O) groups excluding carboxylic acids is 1. The van der Waals surface area contributed by atoms with E-state index >= 15 is 0 Å². The third kappa shape index (κ3) is 6.34. The van der Waals surface area contributed by atoms with Gasteiger partial charge < -0.3 is 19.5 Å². The second kappa shape index (κ2) is 11.5. The molecule has 4 rings (SSSR count). The van der Waals surface area contributed by atoms with E-state index in [-0.39, 0.29) is 11.9 Å². The molecule has 6 heteroatoms. The van der Waals surface area contributed by atoms with Crippen molar-refractivity contribution >= 4 is 5.91 Å². The molecular formula is C27H30N2O4. The first kappa shape index (κ1) is 22.8. The highest BCUT2D eigenvalue weighted by Gasteiger charge is 2.21. The van der Waals surface area contributed by atoms with Gasteiger partial charge in [-0.1, -0.05) is 60.7 Å². The van der Waals surface area contributed by atoms with Crippen LogP contribution in [-0.4, -0.2) is 50.8 Å². The number of ether oxygens (including phenoxy) is 3. The normalized spacial score (nSPS) is 14.9. The summed E-state index contributed by atoms with van der Waals surface area (Å²) in [5.41, 5.74) is 2.67. The maximum Gasteiger partial charge on any atom is 0.251 e. The Balaban J connectivity index is 1.46. The second-order valence-corrected chi connectivity index (χ2v) is 7.99. The van der Waals surface area contributed by atoms with Crippen molar-refractivity contribution in [1.82, 2.24) is 10.2 Å². The molecule has 1 saturated heterocycles. The van der Waals surface area contributed by atoms with Crippen LogP contribution >= 0.6 is 0 Å². The predicted molar refractivity (Wildman–Crippen MR) is 128 cm³/mol. The highest BCUT2D eigenvalue weighted by molar-refractivity contribution is 5.95. The van der Waals surface area contributed by atoms with Crippen molar-refractivity contribution in [2.24, 2.45) is 0 Å². The maximum absolute atomic E-state index is 13.2. The molecule has 1 amide bonds. The Morgan fingerprint density at radius 2 is 1.67 bits per heavy atom. The van der Waals surface area contributed by atoms with E-state index in [1.165, 1.54) is 0 Å². The van der Waals surface area contributed by atoms with Gasteiger partial charge in [0, 0.05) is 25.2 Å². The number of hydrogen-bond acceptors (Lipinski definition) is 5. The average Bonchev–Trinajstić information content (AvgIpc) is 2.88. The van der Waals surface area contributed by atoms with E-state index in [4.69, 9.17) is 14.2 Å². The number of nitrogens with zero attached hydrogens (tertiary/aromatic N) is 1. The third-order valence-corrected chi connectivity index (χ3v) is 5.71. The monoisotopic (exact) mass is 446 g/mol. The highest BCUT2D eigenvalue weighted by atomic mass is 16.5. The third-order valence-electron chi connectivity index (χ3n) is 5.71. The molecule has 1 aliphatic heterocycles. The van der Waals surface area contributed by atoms with Crippen LogP contribution in [0.4, 0.5) is 0 Å². The molecule has 3 aromatic rings. The average molecular weight is 447 g/mol. The molecule has 3 aromatic carbocycles. The highest BCUT2D eigenvalue weighted by Crippen LogP contribution is 2.29. The van der Waals surface area contributed by atoms with Crippen molar-refractivity contribution in [3.8, 4) is 11.5 Å². The minimum atomic E-state index is -0.148. The van der Waals surface area contributed by atoms with E-state index < -0.39 is 0 Å². The van der Waals surface area contributed by atoms with Crippen LogP contribution in [-0.2, 0) is 11.3 Å². The quantitative estimate of drug-likeness (QED) is 0.537. The second-order valence-electron chi connectivity index (χ2n) is 7.99. The maximum atomic E-state index is 13.2. The topological polar surface area (TPSA) is 60.0 Å². The summed E-state index contributed by atoms with van der Waals surface area (Å²) in [5, 5.41) is 3.21. The molecule has 0 aromatic heterocycles. The van der Waals surface area contributed by atoms with Crippen LogP contribution < -0.4 is 14.8 Å². The fraction of sp³-hybridized carbons (Fsp3) is 0.296. The van der Waals surface area contributed by atoms with Crippen molar-refractivity contribution < 1.29 is 19.0 Å². The van der Waals surface area contributed by atoms with Gasteiger partial charge in [0.2, 0.25) is 0 Å². The van der Waals surface area contributed by atoms with Gasteiger partial charge in [0.05, 0.1) is 26.4 Å². The molecule has 1 heterocycles. The standard InChI is InChI=1S/C27H30N2O4/c1-31-26-18-23(12-13-25(26)33-20-21-8-4-2-5-9-21)27(30)28-24(22-10-6-3-7-11-22)19-29-14-16-32-17-15-29/h2-13,18,24H,14-17,19-20H2,1H3,(H,28,30). The molecule has 0 spiro atoms. The van der Waals surface area contributed by atoms with E-state index in [1.54, 1.807) is 25.3 Å². The SMILES string of the molecule is COc1cc(C(=O)NC(CN2CCOCC2)c2ccccc2)ccc1OCc1ccccc1. The summed E-state index contributed by atoms with van der Waals surface area (Å²) in [5.74, 6) is 0.985. The van der Waals surface area contributed by atoms with Gasteiger partial charge in [-0.3, -0.25) is 9.69 Å². The lowest BCUT2D eigenvalue weighted by Crippen LogP contribution is -2.43. The molecule has 1 aliphatic rings. The van der Waals surface area contributed by atoms with Crippen molar-refractivity contribution in [2.75, 3.05) is 40.0 Å². The number of methoxy groups -OCH3 is 1. The lowest BCUT2D eigenvalue weighted by Gasteiger charge is -2.31. The van der Waals surface area contributed by atoms with E-state index in [0.717, 1.165) is 44.0 Å². The summed E-state index contributed by atoms with van der Waals surface area (Å²) in [6.07, 6.45) is 0. The van der Waals surface area contributed by atoms with Gasteiger partial charge in [0.1, 0.15) is 6.61 Å². The van der Waals surface area contributed by atoms with Gasteiger partial charge in [-0.2, -0.15) is 0 Å². The van der Waals surface area contributed by atoms with Gasteiger partial charge in [0.15, 0.2) is 11.5 Å². The van der Waals surface area contributed by atoms with Crippen LogP contribution in [0, 0.1) is 0 Å². The smallest absolute Gasteiger partial charge is 0.251 e. The first-order valence-corrected chi connectivity index (χ1v) is 11.2. The first-order chi connectivity index (χ1) is 16.2. The number of carbonyl (C=O) groups is 1.